The van der Waals surface area contributed by atoms with Gasteiger partial charge in [0, 0.05) is 7.05 Å². The molecule has 1 aromatic rings. The van der Waals surface area contributed by atoms with Gasteiger partial charge in [-0.1, -0.05) is 30.3 Å². The first-order valence-electron chi connectivity index (χ1n) is 4.97. The van der Waals surface area contributed by atoms with E-state index in [-0.39, 0.29) is 5.57 Å². The highest BCUT2D eigenvalue weighted by molar-refractivity contribution is 6.09. The van der Waals surface area contributed by atoms with Crippen LogP contribution in [0.2, 0.25) is 0 Å². The van der Waals surface area contributed by atoms with Crippen molar-refractivity contribution < 1.29 is 15.0 Å². The number of aliphatic carboxylic acids is 1. The van der Waals surface area contributed by atoms with E-state index in [1.807, 2.05) is 30.3 Å². The van der Waals surface area contributed by atoms with Crippen molar-refractivity contribution in [2.75, 3.05) is 7.05 Å². The van der Waals surface area contributed by atoms with Gasteiger partial charge in [-0.05, 0) is 17.7 Å². The molecule has 1 rings (SSSR count). The third kappa shape index (κ3) is 3.61. The lowest BCUT2D eigenvalue weighted by Gasteiger charge is -1.99. The number of nitrogens with zero attached hydrogens (tertiary/aromatic N) is 1. The highest BCUT2D eigenvalue weighted by Crippen LogP contribution is 2.04. The molecule has 0 aliphatic heterocycles. The first-order valence-corrected chi connectivity index (χ1v) is 4.97. The van der Waals surface area contributed by atoms with E-state index in [2.05, 4.69) is 4.99 Å². The van der Waals surface area contributed by atoms with Gasteiger partial charge in [0.15, 0.2) is 0 Å². The molecule has 0 saturated heterocycles. The van der Waals surface area contributed by atoms with Crippen LogP contribution in [0, 0.1) is 0 Å². The van der Waals surface area contributed by atoms with E-state index in [0.717, 1.165) is 5.56 Å². The summed E-state index contributed by atoms with van der Waals surface area (Å²) in [6.07, 6.45) is 3.40. The monoisotopic (exact) mass is 231 g/mol. The number of carbonyl (C=O) groups is 1. The lowest BCUT2D eigenvalue weighted by atomic mass is 10.1. The van der Waals surface area contributed by atoms with Crippen LogP contribution >= 0.6 is 0 Å². The van der Waals surface area contributed by atoms with E-state index in [0.29, 0.717) is 12.0 Å². The average Bonchev–Trinajstić information content (AvgIpc) is 2.35. The van der Waals surface area contributed by atoms with Gasteiger partial charge in [0.05, 0.1) is 17.5 Å². The Morgan fingerprint density at radius 1 is 1.24 bits per heavy atom. The van der Waals surface area contributed by atoms with E-state index in [1.54, 1.807) is 13.1 Å². The Kier molecular flexibility index (Phi) is 4.69. The third-order valence-electron chi connectivity index (χ3n) is 2.12. The van der Waals surface area contributed by atoms with Gasteiger partial charge in [-0.3, -0.25) is 4.99 Å². The predicted molar refractivity (Wildman–Crippen MR) is 66.4 cm³/mol. The number of aliphatic hydroxyl groups excluding tert-OH is 1. The molecule has 0 spiro atoms. The fourth-order valence-corrected chi connectivity index (χ4v) is 1.25. The van der Waals surface area contributed by atoms with Gasteiger partial charge in [-0.2, -0.15) is 0 Å². The largest absolute Gasteiger partial charge is 0.515 e. The normalized spacial score (nSPS) is 13.0. The lowest BCUT2D eigenvalue weighted by Crippen LogP contribution is -2.00. The summed E-state index contributed by atoms with van der Waals surface area (Å²) in [5.74, 6) is -1.19. The molecule has 0 aliphatic carbocycles. The van der Waals surface area contributed by atoms with Crippen LogP contribution in [-0.2, 0) is 4.79 Å². The van der Waals surface area contributed by atoms with Crippen molar-refractivity contribution in [1.29, 1.82) is 0 Å². The Hall–Kier alpha value is -2.36. The van der Waals surface area contributed by atoms with Crippen LogP contribution in [0.15, 0.2) is 59.3 Å². The Morgan fingerprint density at radius 3 is 2.35 bits per heavy atom. The molecule has 88 valence electrons. The number of benzene rings is 1. The van der Waals surface area contributed by atoms with Crippen molar-refractivity contribution in [3.05, 3.63) is 59.9 Å². The number of aliphatic hydroxyl groups is 1. The molecule has 0 unspecified atom stereocenters. The number of rotatable bonds is 4. The molecule has 0 heterocycles. The zero-order valence-electron chi connectivity index (χ0n) is 9.37. The molecule has 0 atom stereocenters. The van der Waals surface area contributed by atoms with Crippen molar-refractivity contribution in [3.63, 3.8) is 0 Å². The van der Waals surface area contributed by atoms with Crippen LogP contribution in [0.5, 0.6) is 0 Å². The highest BCUT2D eigenvalue weighted by Gasteiger charge is 2.03. The van der Waals surface area contributed by atoms with Crippen LogP contribution in [0.1, 0.15) is 5.56 Å². The lowest BCUT2D eigenvalue weighted by molar-refractivity contribution is -0.132. The molecular formula is C13H13NO3. The van der Waals surface area contributed by atoms with E-state index < -0.39 is 5.97 Å². The second kappa shape index (κ2) is 6.27. The average molecular weight is 231 g/mol. The maximum Gasteiger partial charge on any atom is 0.338 e. The Balaban J connectivity index is 2.93. The minimum Gasteiger partial charge on any atom is -0.515 e. The number of allylic oxidation sites excluding steroid dienone is 1. The quantitative estimate of drug-likeness (QED) is 0.361. The van der Waals surface area contributed by atoms with Crippen molar-refractivity contribution >= 4 is 11.7 Å². The summed E-state index contributed by atoms with van der Waals surface area (Å²) < 4.78 is 0. The van der Waals surface area contributed by atoms with Gasteiger partial charge in [0.2, 0.25) is 0 Å². The molecular weight excluding hydrogens is 218 g/mol. The molecule has 0 aromatic heterocycles. The minimum atomic E-state index is -1.19. The van der Waals surface area contributed by atoms with Gasteiger partial charge in [0.1, 0.15) is 0 Å². The molecule has 0 radical (unpaired) electrons. The van der Waals surface area contributed by atoms with Crippen LogP contribution in [0.25, 0.3) is 0 Å². The van der Waals surface area contributed by atoms with Crippen molar-refractivity contribution in [2.24, 2.45) is 4.99 Å². The molecule has 0 bridgehead atoms. The zero-order chi connectivity index (χ0) is 12.7. The summed E-state index contributed by atoms with van der Waals surface area (Å²) in [6, 6.07) is 9.37. The van der Waals surface area contributed by atoms with E-state index in [4.69, 9.17) is 10.2 Å². The molecule has 4 heteroatoms. The maximum atomic E-state index is 10.6. The fraction of sp³-hybridized carbons (Fsp3) is 0.0769. The molecule has 4 nitrogen and oxygen atoms in total. The molecule has 0 amide bonds. The van der Waals surface area contributed by atoms with Gasteiger partial charge in [0.25, 0.3) is 0 Å². The fourth-order valence-electron chi connectivity index (χ4n) is 1.25. The topological polar surface area (TPSA) is 69.9 Å². The Morgan fingerprint density at radius 2 is 1.88 bits per heavy atom. The van der Waals surface area contributed by atoms with Crippen LogP contribution in [0.3, 0.4) is 0 Å². The smallest absolute Gasteiger partial charge is 0.338 e. The molecule has 1 aromatic carbocycles. The van der Waals surface area contributed by atoms with Crippen molar-refractivity contribution in [2.45, 2.75) is 0 Å². The number of hydrogen-bond acceptors (Lipinski definition) is 3. The second-order valence-electron chi connectivity index (χ2n) is 3.20. The molecule has 0 fully saturated rings. The summed E-state index contributed by atoms with van der Waals surface area (Å²) in [4.78, 5) is 14.7. The van der Waals surface area contributed by atoms with Crippen LogP contribution in [0.4, 0.5) is 0 Å². The van der Waals surface area contributed by atoms with Crippen molar-refractivity contribution in [1.82, 2.24) is 0 Å². The summed E-state index contributed by atoms with van der Waals surface area (Å²) in [6.45, 7) is 0. The van der Waals surface area contributed by atoms with Crippen LogP contribution in [-0.4, -0.2) is 28.9 Å². The van der Waals surface area contributed by atoms with E-state index in [1.165, 1.54) is 6.08 Å². The SMILES string of the molecule is CN=C(C=CC(=CO)C(=O)O)c1ccccc1. The predicted octanol–water partition coefficient (Wildman–Crippen LogP) is 2.19. The van der Waals surface area contributed by atoms with Gasteiger partial charge >= 0.3 is 5.97 Å². The number of carboxylic acids is 1. The molecule has 0 aliphatic rings. The number of aliphatic imine (C=N–C) groups is 1. The maximum absolute atomic E-state index is 10.6. The van der Waals surface area contributed by atoms with Crippen molar-refractivity contribution in [3.8, 4) is 0 Å². The third-order valence-corrected chi connectivity index (χ3v) is 2.12. The van der Waals surface area contributed by atoms with Gasteiger partial charge < -0.3 is 10.2 Å². The summed E-state index contributed by atoms with van der Waals surface area (Å²) in [7, 11) is 1.62. The summed E-state index contributed by atoms with van der Waals surface area (Å²) in [5.41, 5.74) is 1.34. The van der Waals surface area contributed by atoms with E-state index >= 15 is 0 Å². The van der Waals surface area contributed by atoms with Crippen LogP contribution < -0.4 is 0 Å². The minimum absolute atomic E-state index is 0.193. The Labute approximate surface area is 99.3 Å². The number of hydrogen-bond donors (Lipinski definition) is 2. The summed E-state index contributed by atoms with van der Waals surface area (Å²) in [5, 5.41) is 17.4. The number of carboxylic acid groups (broad SMARTS) is 1. The highest BCUT2D eigenvalue weighted by atomic mass is 16.4. The molecule has 2 N–H and O–H groups in total. The van der Waals surface area contributed by atoms with Gasteiger partial charge in [-0.15, -0.1) is 0 Å². The molecule has 17 heavy (non-hydrogen) atoms. The van der Waals surface area contributed by atoms with Gasteiger partial charge in [-0.25, -0.2) is 4.79 Å². The first kappa shape index (κ1) is 12.7. The Bertz CT molecular complexity index is 473. The summed E-state index contributed by atoms with van der Waals surface area (Å²) >= 11 is 0. The standard InChI is InChI=1S/C13H13NO3/c1-14-12(10-5-3-2-4-6-10)8-7-11(9-15)13(16)17/h2-9,15H,1H3,(H,16,17). The molecule has 0 saturated carbocycles. The van der Waals surface area contributed by atoms with E-state index in [9.17, 15) is 4.79 Å². The zero-order valence-corrected chi connectivity index (χ0v) is 9.37. The first-order chi connectivity index (χ1) is 8.19. The second-order valence-corrected chi connectivity index (χ2v) is 3.20.